The number of hydrogen-bond acceptors (Lipinski definition) is 2. The number of nitrogens with zero attached hydrogens (tertiary/aromatic N) is 2. The summed E-state index contributed by atoms with van der Waals surface area (Å²) in [6.07, 6.45) is 13.4. The van der Waals surface area contributed by atoms with Gasteiger partial charge in [0, 0.05) is 5.57 Å². The number of Topliss-reactive ketones (excluding diaryl/α,β-unsaturated/α-hetero) is 1. The Hall–Kier alpha value is -2.16. The van der Waals surface area contributed by atoms with Gasteiger partial charge in [-0.2, -0.15) is 0 Å². The van der Waals surface area contributed by atoms with Crippen LogP contribution in [0.1, 0.15) is 13.0 Å². The topological polar surface area (TPSA) is 34.9 Å². The first-order valence-electron chi connectivity index (χ1n) is 6.02. The highest BCUT2D eigenvalue weighted by Gasteiger charge is 2.33. The fraction of sp³-hybridized carbons (Fsp3) is 0.200. The molecule has 18 heavy (non-hydrogen) atoms. The van der Waals surface area contributed by atoms with Crippen LogP contribution in [-0.4, -0.2) is 15.3 Å². The minimum atomic E-state index is -0.123. The van der Waals surface area contributed by atoms with E-state index in [1.807, 2.05) is 47.9 Å². The zero-order valence-corrected chi connectivity index (χ0v) is 10.2. The lowest BCUT2D eigenvalue weighted by molar-refractivity contribution is -0.117. The van der Waals surface area contributed by atoms with Crippen molar-refractivity contribution in [1.29, 1.82) is 0 Å². The average Bonchev–Trinajstić information content (AvgIpc) is 2.77. The number of hydrogen-bond donors (Lipinski definition) is 0. The van der Waals surface area contributed by atoms with Gasteiger partial charge in [0.1, 0.15) is 0 Å². The molecule has 1 aliphatic carbocycles. The van der Waals surface area contributed by atoms with Crippen LogP contribution in [0.15, 0.2) is 42.8 Å². The molecule has 3 heteroatoms. The largest absolute Gasteiger partial charge is 0.322 e. The Kier molecular flexibility index (Phi) is 2.40. The van der Waals surface area contributed by atoms with E-state index in [-0.39, 0.29) is 17.7 Å². The van der Waals surface area contributed by atoms with Crippen molar-refractivity contribution in [3.05, 3.63) is 53.5 Å². The van der Waals surface area contributed by atoms with E-state index in [1.54, 1.807) is 6.33 Å². The minimum Gasteiger partial charge on any atom is -0.322 e. The van der Waals surface area contributed by atoms with Crippen LogP contribution in [0.2, 0.25) is 0 Å². The van der Waals surface area contributed by atoms with E-state index in [0.717, 1.165) is 5.35 Å². The summed E-state index contributed by atoms with van der Waals surface area (Å²) in [5.74, 6) is 0.0268. The molecule has 0 amide bonds. The van der Waals surface area contributed by atoms with Gasteiger partial charge in [-0.1, -0.05) is 43.0 Å². The molecule has 1 aromatic rings. The fourth-order valence-corrected chi connectivity index (χ4v) is 2.65. The lowest BCUT2D eigenvalue weighted by Crippen LogP contribution is -2.43. The lowest BCUT2D eigenvalue weighted by atomic mass is 9.84. The first-order valence-corrected chi connectivity index (χ1v) is 6.02. The van der Waals surface area contributed by atoms with Crippen molar-refractivity contribution >= 4 is 17.9 Å². The molecule has 2 heterocycles. The van der Waals surface area contributed by atoms with Crippen LogP contribution in [0.25, 0.3) is 12.2 Å². The lowest BCUT2D eigenvalue weighted by Gasteiger charge is -2.29. The Balaban J connectivity index is 2.38. The second-order valence-electron chi connectivity index (χ2n) is 4.51. The number of fused-ring (bicyclic) bond motifs is 3. The van der Waals surface area contributed by atoms with Crippen LogP contribution in [0.5, 0.6) is 0 Å². The fourth-order valence-electron chi connectivity index (χ4n) is 2.65. The van der Waals surface area contributed by atoms with Crippen LogP contribution >= 0.6 is 0 Å². The second-order valence-corrected chi connectivity index (χ2v) is 4.51. The molecule has 0 N–H and O–H groups in total. The van der Waals surface area contributed by atoms with E-state index in [0.29, 0.717) is 10.9 Å². The van der Waals surface area contributed by atoms with Gasteiger partial charge in [0.15, 0.2) is 5.78 Å². The smallest absolute Gasteiger partial charge is 0.174 e. The van der Waals surface area contributed by atoms with Gasteiger partial charge in [0.05, 0.1) is 29.0 Å². The third-order valence-corrected chi connectivity index (χ3v) is 3.45. The summed E-state index contributed by atoms with van der Waals surface area (Å²) in [4.78, 5) is 16.8. The van der Waals surface area contributed by atoms with Crippen LogP contribution < -0.4 is 10.7 Å². The van der Waals surface area contributed by atoms with Crippen molar-refractivity contribution in [2.75, 3.05) is 0 Å². The number of aromatic nitrogens is 2. The van der Waals surface area contributed by atoms with Crippen LogP contribution in [0.4, 0.5) is 0 Å². The second kappa shape index (κ2) is 3.95. The summed E-state index contributed by atoms with van der Waals surface area (Å²) < 4.78 is 2.05. The van der Waals surface area contributed by atoms with Crippen LogP contribution in [0.3, 0.4) is 0 Å². The van der Waals surface area contributed by atoms with E-state index in [2.05, 4.69) is 11.6 Å². The molecule has 3 nitrogen and oxygen atoms in total. The Morgan fingerprint density at radius 2 is 2.17 bits per heavy atom. The zero-order valence-electron chi connectivity index (χ0n) is 10.2. The standard InChI is InChI=1S/C15H14N2O/c1-3-6-12-14-10(2)16-9-17(14)13-8-5-4-7-11(13)15(12)18/h3-9,11,13H,2H2,1H3/b6-3-. The monoisotopic (exact) mass is 238 g/mol. The molecular weight excluding hydrogens is 224 g/mol. The third-order valence-electron chi connectivity index (χ3n) is 3.45. The molecule has 1 aliphatic heterocycles. The van der Waals surface area contributed by atoms with E-state index >= 15 is 0 Å². The van der Waals surface area contributed by atoms with Gasteiger partial charge in [-0.25, -0.2) is 4.98 Å². The third kappa shape index (κ3) is 1.37. The number of imidazole rings is 1. The number of ketones is 1. The highest BCUT2D eigenvalue weighted by molar-refractivity contribution is 6.20. The van der Waals surface area contributed by atoms with Crippen molar-refractivity contribution in [3.63, 3.8) is 0 Å². The Bertz CT molecular complexity index is 703. The van der Waals surface area contributed by atoms with E-state index in [1.165, 1.54) is 0 Å². The van der Waals surface area contributed by atoms with Crippen molar-refractivity contribution in [2.45, 2.75) is 13.0 Å². The maximum atomic E-state index is 12.5. The Labute approximate surface area is 105 Å². The van der Waals surface area contributed by atoms with Gasteiger partial charge >= 0.3 is 0 Å². The highest BCUT2D eigenvalue weighted by atomic mass is 16.1. The first kappa shape index (κ1) is 11.0. The summed E-state index contributed by atoms with van der Waals surface area (Å²) in [7, 11) is 0. The van der Waals surface area contributed by atoms with Gasteiger partial charge in [-0.3, -0.25) is 4.79 Å². The molecule has 0 saturated carbocycles. The summed E-state index contributed by atoms with van der Waals surface area (Å²) in [5.41, 5.74) is 0.709. The van der Waals surface area contributed by atoms with Gasteiger partial charge in [0.2, 0.25) is 0 Å². The number of carbonyl (C=O) groups excluding carboxylic acids is 1. The molecular formula is C15H14N2O. The number of allylic oxidation sites excluding steroid dienone is 6. The van der Waals surface area contributed by atoms with E-state index in [9.17, 15) is 4.79 Å². The summed E-state index contributed by atoms with van der Waals surface area (Å²) in [6.45, 7) is 5.83. The number of rotatable bonds is 1. The predicted octanol–water partition coefficient (Wildman–Crippen LogP) is 0.886. The van der Waals surface area contributed by atoms with Gasteiger partial charge < -0.3 is 4.57 Å². The Morgan fingerprint density at radius 3 is 2.94 bits per heavy atom. The van der Waals surface area contributed by atoms with Crippen molar-refractivity contribution in [3.8, 4) is 0 Å². The molecule has 90 valence electrons. The average molecular weight is 238 g/mol. The maximum Gasteiger partial charge on any atom is 0.174 e. The molecule has 0 saturated heterocycles. The SMILES string of the molecule is C=c1ncn2c1=C(/C=C\C)C(=O)C1C=CC=CC12. The maximum absolute atomic E-state index is 12.5. The van der Waals surface area contributed by atoms with Crippen molar-refractivity contribution in [1.82, 2.24) is 9.55 Å². The Morgan fingerprint density at radius 1 is 1.39 bits per heavy atom. The van der Waals surface area contributed by atoms with Gasteiger partial charge in [-0.05, 0) is 6.92 Å². The molecule has 2 aliphatic rings. The minimum absolute atomic E-state index is 0.0366. The summed E-state index contributed by atoms with van der Waals surface area (Å²) in [6, 6.07) is 0.0366. The van der Waals surface area contributed by atoms with Gasteiger partial charge in [0.25, 0.3) is 0 Å². The van der Waals surface area contributed by atoms with E-state index in [4.69, 9.17) is 0 Å². The summed E-state index contributed by atoms with van der Waals surface area (Å²) in [5, 5.41) is 1.51. The molecule has 0 bridgehead atoms. The normalized spacial score (nSPS) is 25.6. The van der Waals surface area contributed by atoms with Crippen LogP contribution in [0, 0.1) is 5.92 Å². The summed E-state index contributed by atoms with van der Waals surface area (Å²) >= 11 is 0. The van der Waals surface area contributed by atoms with Crippen molar-refractivity contribution < 1.29 is 4.79 Å². The zero-order chi connectivity index (χ0) is 12.7. The van der Waals surface area contributed by atoms with Crippen LogP contribution in [-0.2, 0) is 4.79 Å². The molecule has 0 aromatic carbocycles. The quantitative estimate of drug-likeness (QED) is 0.728. The highest BCUT2D eigenvalue weighted by Crippen LogP contribution is 2.29. The molecule has 1 aromatic heterocycles. The predicted molar refractivity (Wildman–Crippen MR) is 71.0 cm³/mol. The molecule has 0 spiro atoms. The van der Waals surface area contributed by atoms with Crippen molar-refractivity contribution in [2.24, 2.45) is 5.92 Å². The first-order chi connectivity index (χ1) is 8.74. The molecule has 2 unspecified atom stereocenters. The van der Waals surface area contributed by atoms with E-state index < -0.39 is 0 Å². The molecule has 3 rings (SSSR count). The molecule has 0 radical (unpaired) electrons. The number of carbonyl (C=O) groups is 1. The molecule has 2 atom stereocenters. The van der Waals surface area contributed by atoms with Gasteiger partial charge in [-0.15, -0.1) is 0 Å². The molecule has 0 fully saturated rings.